The highest BCUT2D eigenvalue weighted by molar-refractivity contribution is 5.39. The minimum atomic E-state index is -0.685. The normalized spacial score (nSPS) is 46.1. The van der Waals surface area contributed by atoms with Gasteiger partial charge in [-0.1, -0.05) is 92.7 Å². The fourth-order valence-electron chi connectivity index (χ4n) is 11.2. The largest absolute Gasteiger partial charge is 0.389 e. The van der Waals surface area contributed by atoms with E-state index in [1.54, 1.807) is 11.1 Å². The van der Waals surface area contributed by atoms with Crippen molar-refractivity contribution in [3.8, 4) is 0 Å². The van der Waals surface area contributed by atoms with Crippen molar-refractivity contribution in [1.29, 1.82) is 0 Å². The van der Waals surface area contributed by atoms with Crippen molar-refractivity contribution in [2.45, 2.75) is 140 Å². The number of rotatable bonds is 5. The lowest BCUT2D eigenvalue weighted by atomic mass is 9.38. The fourth-order valence-corrected chi connectivity index (χ4v) is 11.2. The molecule has 0 aromatic carbocycles. The van der Waals surface area contributed by atoms with Crippen molar-refractivity contribution in [3.05, 3.63) is 11.1 Å². The van der Waals surface area contributed by atoms with E-state index in [1.807, 2.05) is 0 Å². The Hall–Kier alpha value is -0.300. The van der Waals surface area contributed by atoms with E-state index < -0.39 is 5.60 Å². The fraction of sp³-hybridized carbons (Fsp3) is 0.939. The number of aliphatic hydroxyl groups is 1. The predicted molar refractivity (Wildman–Crippen MR) is 147 cm³/mol. The van der Waals surface area contributed by atoms with E-state index in [1.165, 1.54) is 51.4 Å². The van der Waals surface area contributed by atoms with Crippen LogP contribution in [0.1, 0.15) is 134 Å². The van der Waals surface area contributed by atoms with Gasteiger partial charge in [-0.2, -0.15) is 0 Å². The molecule has 1 heteroatoms. The van der Waals surface area contributed by atoms with Gasteiger partial charge in [-0.05, 0) is 104 Å². The summed E-state index contributed by atoms with van der Waals surface area (Å²) < 4.78 is 0. The Morgan fingerprint density at radius 3 is 2.15 bits per heavy atom. The summed E-state index contributed by atoms with van der Waals surface area (Å²) in [5.74, 6) is 5.16. The van der Waals surface area contributed by atoms with Crippen molar-refractivity contribution >= 4 is 0 Å². The summed E-state index contributed by atoms with van der Waals surface area (Å²) in [5.41, 5.74) is 3.08. The van der Waals surface area contributed by atoms with Crippen LogP contribution in [0.25, 0.3) is 0 Å². The predicted octanol–water partition coefficient (Wildman–Crippen LogP) is 9.44. The van der Waals surface area contributed by atoms with Gasteiger partial charge in [0.2, 0.25) is 0 Å². The SMILES string of the molecule is CC1=C2C(C)(C)[C@@](C)(O)C(C)(C)C[C@]2(C)[C@H]2CC[C@]3(C)[C@@H]([C@H](C)CCCC(C)C)CC[C@H]3[C@@H]2C1. The summed E-state index contributed by atoms with van der Waals surface area (Å²) >= 11 is 0. The van der Waals surface area contributed by atoms with E-state index in [4.69, 9.17) is 0 Å². The number of hydrogen-bond donors (Lipinski definition) is 1. The van der Waals surface area contributed by atoms with Gasteiger partial charge < -0.3 is 5.11 Å². The standard InChI is InChI=1S/C33H58O/c1-21(2)13-12-14-22(3)25-15-16-26-24-19-23(4)28-30(7,8)33(11,34)29(5,6)20-32(28,10)27(24)17-18-31(25,26)9/h21-22,24-27,34H,12-20H2,1-11H3/t22-,24+,25-,26+,27+,31-,32-,33+/m1/s1. The lowest BCUT2D eigenvalue weighted by Crippen LogP contribution is -2.65. The molecule has 34 heavy (non-hydrogen) atoms. The smallest absolute Gasteiger partial charge is 0.0758 e. The minimum Gasteiger partial charge on any atom is -0.389 e. The van der Waals surface area contributed by atoms with Crippen LogP contribution in [0.4, 0.5) is 0 Å². The monoisotopic (exact) mass is 470 g/mol. The summed E-state index contributed by atoms with van der Waals surface area (Å²) in [7, 11) is 0. The molecular weight excluding hydrogens is 412 g/mol. The van der Waals surface area contributed by atoms with E-state index in [2.05, 4.69) is 76.2 Å². The zero-order valence-corrected chi connectivity index (χ0v) is 24.8. The van der Waals surface area contributed by atoms with Crippen molar-refractivity contribution in [1.82, 2.24) is 0 Å². The maximum absolute atomic E-state index is 11.9. The molecule has 3 saturated carbocycles. The number of fused-ring (bicyclic) bond motifs is 5. The first kappa shape index (κ1) is 26.8. The first-order chi connectivity index (χ1) is 15.5. The lowest BCUT2D eigenvalue weighted by molar-refractivity contribution is -0.186. The number of allylic oxidation sites excluding steroid dienone is 1. The molecule has 0 unspecified atom stereocenters. The Kier molecular flexibility index (Phi) is 6.58. The molecule has 0 saturated heterocycles. The van der Waals surface area contributed by atoms with E-state index in [0.717, 1.165) is 41.9 Å². The average molecular weight is 471 g/mol. The summed E-state index contributed by atoms with van der Waals surface area (Å²) in [6.07, 6.45) is 12.4. The maximum Gasteiger partial charge on any atom is 0.0758 e. The van der Waals surface area contributed by atoms with Crippen LogP contribution in [0, 0.1) is 57.2 Å². The van der Waals surface area contributed by atoms with Crippen LogP contribution in [-0.4, -0.2) is 10.7 Å². The Morgan fingerprint density at radius 2 is 1.53 bits per heavy atom. The molecule has 0 aromatic rings. The Balaban J connectivity index is 1.65. The summed E-state index contributed by atoms with van der Waals surface area (Å²) in [6.45, 7) is 26.6. The highest BCUT2D eigenvalue weighted by Gasteiger charge is 2.67. The molecule has 1 nitrogen and oxygen atoms in total. The van der Waals surface area contributed by atoms with Crippen molar-refractivity contribution < 1.29 is 5.11 Å². The topological polar surface area (TPSA) is 20.2 Å². The zero-order chi connectivity index (χ0) is 25.5. The maximum atomic E-state index is 11.9. The van der Waals surface area contributed by atoms with Gasteiger partial charge in [0.1, 0.15) is 0 Å². The third-order valence-corrected chi connectivity index (χ3v) is 13.0. The molecule has 0 amide bonds. The van der Waals surface area contributed by atoms with Gasteiger partial charge in [0, 0.05) is 5.41 Å². The van der Waals surface area contributed by atoms with Crippen LogP contribution in [0.15, 0.2) is 11.1 Å². The number of hydrogen-bond acceptors (Lipinski definition) is 1. The summed E-state index contributed by atoms with van der Waals surface area (Å²) in [4.78, 5) is 0. The average Bonchev–Trinajstić information content (AvgIpc) is 3.03. The first-order valence-electron chi connectivity index (χ1n) is 14.9. The van der Waals surface area contributed by atoms with Crippen LogP contribution in [0.5, 0.6) is 0 Å². The van der Waals surface area contributed by atoms with Gasteiger partial charge in [0.25, 0.3) is 0 Å². The van der Waals surface area contributed by atoms with Crippen LogP contribution in [-0.2, 0) is 0 Å². The summed E-state index contributed by atoms with van der Waals surface area (Å²) in [5, 5.41) is 11.9. The second-order valence-corrected chi connectivity index (χ2v) is 15.9. The first-order valence-corrected chi connectivity index (χ1v) is 14.9. The molecule has 4 aliphatic rings. The minimum absolute atomic E-state index is 0.0825. The molecule has 196 valence electrons. The molecule has 4 aliphatic carbocycles. The quantitative estimate of drug-likeness (QED) is 0.397. The molecule has 0 spiro atoms. The van der Waals surface area contributed by atoms with Crippen LogP contribution in [0.3, 0.4) is 0 Å². The third-order valence-electron chi connectivity index (χ3n) is 13.0. The van der Waals surface area contributed by atoms with E-state index >= 15 is 0 Å². The Bertz CT molecular complexity index is 812. The van der Waals surface area contributed by atoms with Crippen LogP contribution >= 0.6 is 0 Å². The van der Waals surface area contributed by atoms with Gasteiger partial charge in [-0.15, -0.1) is 0 Å². The second-order valence-electron chi connectivity index (χ2n) is 15.9. The molecule has 0 radical (unpaired) electrons. The van der Waals surface area contributed by atoms with Gasteiger partial charge in [0.15, 0.2) is 0 Å². The molecule has 3 fully saturated rings. The van der Waals surface area contributed by atoms with Crippen LogP contribution in [0.2, 0.25) is 0 Å². The molecule has 0 aliphatic heterocycles. The van der Waals surface area contributed by atoms with Crippen LogP contribution < -0.4 is 0 Å². The lowest BCUT2D eigenvalue weighted by Gasteiger charge is -2.68. The van der Waals surface area contributed by atoms with Crippen molar-refractivity contribution in [3.63, 3.8) is 0 Å². The molecule has 0 heterocycles. The van der Waals surface area contributed by atoms with Gasteiger partial charge >= 0.3 is 0 Å². The third kappa shape index (κ3) is 3.63. The Morgan fingerprint density at radius 1 is 0.882 bits per heavy atom. The highest BCUT2D eigenvalue weighted by Crippen LogP contribution is 2.73. The molecule has 0 bridgehead atoms. The van der Waals surface area contributed by atoms with Gasteiger partial charge in [-0.25, -0.2) is 0 Å². The van der Waals surface area contributed by atoms with Gasteiger partial charge in [0.05, 0.1) is 5.60 Å². The molecular formula is C33H58O. The van der Waals surface area contributed by atoms with E-state index in [-0.39, 0.29) is 16.2 Å². The molecule has 0 aromatic heterocycles. The Labute approximate surface area is 212 Å². The molecule has 4 rings (SSSR count). The molecule has 8 atom stereocenters. The van der Waals surface area contributed by atoms with E-state index in [9.17, 15) is 5.11 Å². The van der Waals surface area contributed by atoms with Gasteiger partial charge in [-0.3, -0.25) is 0 Å². The second kappa shape index (κ2) is 8.36. The molecule has 1 N–H and O–H groups in total. The highest BCUT2D eigenvalue weighted by atomic mass is 16.3. The zero-order valence-electron chi connectivity index (χ0n) is 24.8. The summed E-state index contributed by atoms with van der Waals surface area (Å²) in [6, 6.07) is 0. The van der Waals surface area contributed by atoms with Crippen molar-refractivity contribution in [2.75, 3.05) is 0 Å². The van der Waals surface area contributed by atoms with Crippen molar-refractivity contribution in [2.24, 2.45) is 57.2 Å². The van der Waals surface area contributed by atoms with E-state index in [0.29, 0.717) is 5.41 Å².